The molecule has 0 fully saturated rings. The first-order valence-corrected chi connectivity index (χ1v) is 6.97. The maximum absolute atomic E-state index is 8.92. The van der Waals surface area contributed by atoms with Crippen LogP contribution in [0.2, 0.25) is 5.02 Å². The van der Waals surface area contributed by atoms with E-state index >= 15 is 0 Å². The Kier molecular flexibility index (Phi) is 5.45. The van der Waals surface area contributed by atoms with E-state index < -0.39 is 0 Å². The lowest BCUT2D eigenvalue weighted by molar-refractivity contribution is -0.0174. The zero-order valence-corrected chi connectivity index (χ0v) is 11.9. The minimum atomic E-state index is 0.217. The van der Waals surface area contributed by atoms with Crippen LogP contribution in [0.5, 0.6) is 5.75 Å². The second kappa shape index (κ2) is 7.10. The number of nitrogens with zero attached hydrogens (tertiary/aromatic N) is 1. The van der Waals surface area contributed by atoms with Crippen molar-refractivity contribution in [3.8, 4) is 5.75 Å². The van der Waals surface area contributed by atoms with E-state index in [0.29, 0.717) is 18.4 Å². The number of aliphatic hydroxyl groups excluding tert-OH is 1. The molecule has 1 aliphatic heterocycles. The molecule has 0 aliphatic carbocycles. The van der Waals surface area contributed by atoms with E-state index in [-0.39, 0.29) is 6.61 Å². The lowest BCUT2D eigenvalue weighted by Gasteiger charge is -2.25. The van der Waals surface area contributed by atoms with Gasteiger partial charge < -0.3 is 14.6 Å². The van der Waals surface area contributed by atoms with Crippen LogP contribution in [0.25, 0.3) is 0 Å². The van der Waals surface area contributed by atoms with Crippen LogP contribution in [0.1, 0.15) is 24.5 Å². The summed E-state index contributed by atoms with van der Waals surface area (Å²) in [7, 11) is 0. The van der Waals surface area contributed by atoms with Gasteiger partial charge in [-0.1, -0.05) is 18.5 Å². The predicted octanol–water partition coefficient (Wildman–Crippen LogP) is 2.41. The van der Waals surface area contributed by atoms with Gasteiger partial charge in [-0.3, -0.25) is 4.90 Å². The van der Waals surface area contributed by atoms with Crippen molar-refractivity contribution >= 4 is 11.6 Å². The van der Waals surface area contributed by atoms with E-state index in [1.165, 1.54) is 0 Å². The number of hydrogen-bond acceptors (Lipinski definition) is 4. The highest BCUT2D eigenvalue weighted by Crippen LogP contribution is 2.32. The van der Waals surface area contributed by atoms with Crippen molar-refractivity contribution < 1.29 is 14.6 Å². The van der Waals surface area contributed by atoms with Crippen LogP contribution in [0.3, 0.4) is 0 Å². The molecule has 0 bridgehead atoms. The summed E-state index contributed by atoms with van der Waals surface area (Å²) < 4.78 is 10.9. The fourth-order valence-electron chi connectivity index (χ4n) is 2.26. The summed E-state index contributed by atoms with van der Waals surface area (Å²) in [6, 6.07) is 3.84. The molecule has 0 saturated carbocycles. The third kappa shape index (κ3) is 3.83. The van der Waals surface area contributed by atoms with Crippen molar-refractivity contribution in [3.63, 3.8) is 0 Å². The van der Waals surface area contributed by atoms with Crippen LogP contribution < -0.4 is 4.74 Å². The number of fused-ring (bicyclic) bond motifs is 1. The maximum atomic E-state index is 8.92. The molecule has 0 aromatic heterocycles. The summed E-state index contributed by atoms with van der Waals surface area (Å²) in [5, 5.41) is 9.63. The largest absolute Gasteiger partial charge is 0.467 e. The Morgan fingerprint density at radius 1 is 1.42 bits per heavy atom. The zero-order valence-electron chi connectivity index (χ0n) is 11.2. The third-order valence-electron chi connectivity index (χ3n) is 3.23. The quantitative estimate of drug-likeness (QED) is 0.872. The number of ether oxygens (including phenoxy) is 2. The Balaban J connectivity index is 2.16. The van der Waals surface area contributed by atoms with E-state index in [2.05, 4.69) is 11.8 Å². The van der Waals surface area contributed by atoms with E-state index in [0.717, 1.165) is 42.9 Å². The second-order valence-corrected chi connectivity index (χ2v) is 5.05. The van der Waals surface area contributed by atoms with Crippen molar-refractivity contribution in [2.75, 3.05) is 26.5 Å². The monoisotopic (exact) mass is 285 g/mol. The standard InChI is InChI=1S/C14H20ClNO3/c1-2-16(4-3-5-17)8-11-6-13(15)7-12-9-18-10-19-14(11)12/h6-7,17H,2-5,8-10H2,1H3. The number of aliphatic hydroxyl groups is 1. The zero-order chi connectivity index (χ0) is 13.7. The van der Waals surface area contributed by atoms with Gasteiger partial charge in [0.2, 0.25) is 0 Å². The fourth-order valence-corrected chi connectivity index (χ4v) is 2.52. The maximum Gasteiger partial charge on any atom is 0.189 e. The molecule has 0 radical (unpaired) electrons. The molecule has 0 saturated heterocycles. The Labute approximate surface area is 118 Å². The van der Waals surface area contributed by atoms with Gasteiger partial charge in [0.15, 0.2) is 6.79 Å². The van der Waals surface area contributed by atoms with Crippen LogP contribution >= 0.6 is 11.6 Å². The Morgan fingerprint density at radius 2 is 2.26 bits per heavy atom. The molecule has 1 aromatic carbocycles. The molecule has 4 nitrogen and oxygen atoms in total. The Bertz CT molecular complexity index is 425. The van der Waals surface area contributed by atoms with Gasteiger partial charge in [-0.05, 0) is 25.1 Å². The van der Waals surface area contributed by atoms with Gasteiger partial charge in [-0.15, -0.1) is 0 Å². The molecule has 0 spiro atoms. The van der Waals surface area contributed by atoms with Crippen molar-refractivity contribution in [3.05, 3.63) is 28.3 Å². The first kappa shape index (κ1) is 14.6. The van der Waals surface area contributed by atoms with Gasteiger partial charge in [0.25, 0.3) is 0 Å². The summed E-state index contributed by atoms with van der Waals surface area (Å²) in [6.07, 6.45) is 0.778. The van der Waals surface area contributed by atoms with E-state index in [4.69, 9.17) is 26.2 Å². The van der Waals surface area contributed by atoms with Crippen molar-refractivity contribution in [1.82, 2.24) is 4.90 Å². The normalized spacial score (nSPS) is 14.3. The lowest BCUT2D eigenvalue weighted by Crippen LogP contribution is -2.25. The molecule has 0 amide bonds. The summed E-state index contributed by atoms with van der Waals surface area (Å²) in [6.45, 7) is 5.74. The van der Waals surface area contributed by atoms with Crippen molar-refractivity contribution in [2.45, 2.75) is 26.5 Å². The molecule has 106 valence electrons. The van der Waals surface area contributed by atoms with Crippen LogP contribution in [0.15, 0.2) is 12.1 Å². The molecule has 5 heteroatoms. The highest BCUT2D eigenvalue weighted by molar-refractivity contribution is 6.30. The molecule has 1 aliphatic rings. The summed E-state index contributed by atoms with van der Waals surface area (Å²) in [5.41, 5.74) is 2.09. The van der Waals surface area contributed by atoms with Gasteiger partial charge >= 0.3 is 0 Å². The molecular formula is C14H20ClNO3. The van der Waals surface area contributed by atoms with E-state index in [1.807, 2.05) is 12.1 Å². The molecule has 1 aromatic rings. The van der Waals surface area contributed by atoms with Gasteiger partial charge in [-0.25, -0.2) is 0 Å². The Morgan fingerprint density at radius 3 is 3.00 bits per heavy atom. The fraction of sp³-hybridized carbons (Fsp3) is 0.571. The third-order valence-corrected chi connectivity index (χ3v) is 3.44. The van der Waals surface area contributed by atoms with Crippen molar-refractivity contribution in [2.24, 2.45) is 0 Å². The molecule has 19 heavy (non-hydrogen) atoms. The average molecular weight is 286 g/mol. The predicted molar refractivity (Wildman–Crippen MR) is 74.4 cm³/mol. The highest BCUT2D eigenvalue weighted by atomic mass is 35.5. The molecule has 0 unspecified atom stereocenters. The minimum Gasteiger partial charge on any atom is -0.467 e. The average Bonchev–Trinajstić information content (AvgIpc) is 2.43. The number of halogens is 1. The lowest BCUT2D eigenvalue weighted by atomic mass is 10.1. The molecule has 2 rings (SSSR count). The van der Waals surface area contributed by atoms with Gasteiger partial charge in [0.05, 0.1) is 6.61 Å². The molecule has 0 atom stereocenters. The Hall–Kier alpha value is -0.810. The van der Waals surface area contributed by atoms with Gasteiger partial charge in [0, 0.05) is 35.8 Å². The van der Waals surface area contributed by atoms with Crippen LogP contribution in [-0.4, -0.2) is 36.5 Å². The number of benzene rings is 1. The molecule has 1 N–H and O–H groups in total. The van der Waals surface area contributed by atoms with Crippen LogP contribution in [-0.2, 0) is 17.9 Å². The van der Waals surface area contributed by atoms with E-state index in [1.54, 1.807) is 0 Å². The smallest absolute Gasteiger partial charge is 0.189 e. The topological polar surface area (TPSA) is 41.9 Å². The van der Waals surface area contributed by atoms with Gasteiger partial charge in [-0.2, -0.15) is 0 Å². The highest BCUT2D eigenvalue weighted by Gasteiger charge is 2.17. The SMILES string of the molecule is CCN(CCCO)Cc1cc(Cl)cc2c1OCOC2. The van der Waals surface area contributed by atoms with E-state index in [9.17, 15) is 0 Å². The minimum absolute atomic E-state index is 0.217. The van der Waals surface area contributed by atoms with Gasteiger partial charge in [0.1, 0.15) is 5.75 Å². The summed E-state index contributed by atoms with van der Waals surface area (Å²) in [5.74, 6) is 0.901. The number of rotatable bonds is 6. The van der Waals surface area contributed by atoms with Crippen LogP contribution in [0, 0.1) is 0 Å². The van der Waals surface area contributed by atoms with Crippen LogP contribution in [0.4, 0.5) is 0 Å². The summed E-state index contributed by atoms with van der Waals surface area (Å²) in [4.78, 5) is 2.26. The second-order valence-electron chi connectivity index (χ2n) is 4.61. The first-order chi connectivity index (χ1) is 9.24. The first-order valence-electron chi connectivity index (χ1n) is 6.59. The summed E-state index contributed by atoms with van der Waals surface area (Å²) >= 11 is 6.14. The molecular weight excluding hydrogens is 266 g/mol. The molecule has 1 heterocycles. The van der Waals surface area contributed by atoms with Crippen molar-refractivity contribution in [1.29, 1.82) is 0 Å². The number of hydrogen-bond donors (Lipinski definition) is 1.